The molecular weight excluding hydrogens is 265 g/mol. The molecule has 0 atom stereocenters. The minimum absolute atomic E-state index is 0.215. The zero-order valence-corrected chi connectivity index (χ0v) is 10.9. The summed E-state index contributed by atoms with van der Waals surface area (Å²) >= 11 is 6.08. The number of anilines is 1. The van der Waals surface area contributed by atoms with E-state index >= 15 is 0 Å². The Balaban J connectivity index is 2.39. The average Bonchev–Trinajstić information content (AvgIpc) is 2.70. The summed E-state index contributed by atoms with van der Waals surface area (Å²) in [6.07, 6.45) is 0. The number of hydrogen-bond donors (Lipinski definition) is 1. The molecule has 0 spiro atoms. The molecule has 0 fully saturated rings. The van der Waals surface area contributed by atoms with E-state index in [1.54, 1.807) is 28.8 Å². The molecule has 0 aliphatic heterocycles. The van der Waals surface area contributed by atoms with Crippen LogP contribution in [0.1, 0.15) is 5.56 Å². The first-order valence-corrected chi connectivity index (χ1v) is 6.14. The van der Waals surface area contributed by atoms with Crippen molar-refractivity contribution in [1.29, 1.82) is 0 Å². The Hall–Kier alpha value is -2.07. The third-order valence-electron chi connectivity index (χ3n) is 3.00. The number of aromatic nitrogens is 2. The highest BCUT2D eigenvalue weighted by molar-refractivity contribution is 6.35. The number of imidazole rings is 1. The van der Waals surface area contributed by atoms with Crippen molar-refractivity contribution in [3.63, 3.8) is 0 Å². The third kappa shape index (κ3) is 1.85. The molecule has 1 aromatic heterocycles. The molecule has 3 rings (SSSR count). The quantitative estimate of drug-likeness (QED) is 0.736. The molecule has 19 heavy (non-hydrogen) atoms. The average molecular weight is 276 g/mol. The van der Waals surface area contributed by atoms with Crippen LogP contribution in [0, 0.1) is 12.7 Å². The lowest BCUT2D eigenvalue weighted by Crippen LogP contribution is -2.03. The van der Waals surface area contributed by atoms with Crippen LogP contribution in [0.2, 0.25) is 5.02 Å². The molecule has 3 aromatic rings. The highest BCUT2D eigenvalue weighted by atomic mass is 35.5. The molecule has 2 aromatic carbocycles. The number of fused-ring (bicyclic) bond motifs is 1. The summed E-state index contributed by atoms with van der Waals surface area (Å²) < 4.78 is 15.6. The van der Waals surface area contributed by atoms with Gasteiger partial charge in [-0.1, -0.05) is 23.7 Å². The van der Waals surface area contributed by atoms with Crippen LogP contribution in [0.3, 0.4) is 0 Å². The van der Waals surface area contributed by atoms with Gasteiger partial charge in [-0.3, -0.25) is 4.57 Å². The summed E-state index contributed by atoms with van der Waals surface area (Å²) in [5.74, 6) is -0.135. The van der Waals surface area contributed by atoms with Crippen molar-refractivity contribution in [2.75, 3.05) is 5.73 Å². The van der Waals surface area contributed by atoms with Gasteiger partial charge in [-0.25, -0.2) is 9.37 Å². The van der Waals surface area contributed by atoms with Crippen LogP contribution < -0.4 is 5.73 Å². The maximum Gasteiger partial charge on any atom is 0.206 e. The fraction of sp³-hybridized carbons (Fsp3) is 0.0714. The highest BCUT2D eigenvalue weighted by Crippen LogP contribution is 2.29. The topological polar surface area (TPSA) is 43.8 Å². The van der Waals surface area contributed by atoms with Crippen molar-refractivity contribution in [3.8, 4) is 5.69 Å². The molecule has 0 saturated carbocycles. The highest BCUT2D eigenvalue weighted by Gasteiger charge is 2.15. The zero-order valence-electron chi connectivity index (χ0n) is 10.2. The SMILES string of the molecule is Cc1ccc(F)c(-n2c(N)nc3c(Cl)cccc32)c1. The number of aryl methyl sites for hydroxylation is 1. The summed E-state index contributed by atoms with van der Waals surface area (Å²) in [7, 11) is 0. The number of nitrogens with two attached hydrogens (primary N) is 1. The number of rotatable bonds is 1. The molecule has 1 heterocycles. The van der Waals surface area contributed by atoms with Crippen molar-refractivity contribution < 1.29 is 4.39 Å². The van der Waals surface area contributed by atoms with Crippen molar-refractivity contribution in [2.24, 2.45) is 0 Å². The fourth-order valence-corrected chi connectivity index (χ4v) is 2.34. The van der Waals surface area contributed by atoms with E-state index in [0.29, 0.717) is 21.7 Å². The van der Waals surface area contributed by atoms with E-state index in [1.807, 2.05) is 13.0 Å². The molecular formula is C14H11ClFN3. The van der Waals surface area contributed by atoms with Gasteiger partial charge in [0.05, 0.1) is 16.2 Å². The molecule has 0 aliphatic carbocycles. The Bertz CT molecular complexity index is 780. The molecule has 0 saturated heterocycles. The first kappa shape index (κ1) is 12.0. The standard InChI is InChI=1S/C14H11ClFN3/c1-8-5-6-10(16)12(7-8)19-11-4-2-3-9(15)13(11)18-14(19)17/h2-7H,1H3,(H2,17,18). The van der Waals surface area contributed by atoms with Crippen LogP contribution in [0.15, 0.2) is 36.4 Å². The van der Waals surface area contributed by atoms with E-state index < -0.39 is 0 Å². The van der Waals surface area contributed by atoms with E-state index in [9.17, 15) is 4.39 Å². The molecule has 0 unspecified atom stereocenters. The van der Waals surface area contributed by atoms with Gasteiger partial charge in [-0.05, 0) is 36.8 Å². The van der Waals surface area contributed by atoms with Gasteiger partial charge < -0.3 is 5.73 Å². The summed E-state index contributed by atoms with van der Waals surface area (Å²) in [4.78, 5) is 4.20. The van der Waals surface area contributed by atoms with Crippen LogP contribution in [-0.2, 0) is 0 Å². The number of benzene rings is 2. The minimum atomic E-state index is -0.350. The maximum atomic E-state index is 14.0. The predicted octanol–water partition coefficient (Wildman–Crippen LogP) is 3.71. The van der Waals surface area contributed by atoms with E-state index in [0.717, 1.165) is 5.56 Å². The number of halogens is 2. The molecule has 5 heteroatoms. The monoisotopic (exact) mass is 275 g/mol. The van der Waals surface area contributed by atoms with Gasteiger partial charge in [-0.2, -0.15) is 0 Å². The fourth-order valence-electron chi connectivity index (χ4n) is 2.13. The van der Waals surface area contributed by atoms with Crippen LogP contribution >= 0.6 is 11.6 Å². The van der Waals surface area contributed by atoms with Crippen molar-refractivity contribution in [3.05, 3.63) is 52.8 Å². The van der Waals surface area contributed by atoms with Gasteiger partial charge in [-0.15, -0.1) is 0 Å². The van der Waals surface area contributed by atoms with Crippen LogP contribution in [0.5, 0.6) is 0 Å². The van der Waals surface area contributed by atoms with Gasteiger partial charge in [0, 0.05) is 0 Å². The Morgan fingerprint density at radius 3 is 2.84 bits per heavy atom. The van der Waals surface area contributed by atoms with Gasteiger partial charge in [0.25, 0.3) is 0 Å². The number of para-hydroxylation sites is 1. The van der Waals surface area contributed by atoms with Gasteiger partial charge in [0.15, 0.2) is 0 Å². The van der Waals surface area contributed by atoms with Gasteiger partial charge >= 0.3 is 0 Å². The molecule has 0 bridgehead atoms. The number of hydrogen-bond acceptors (Lipinski definition) is 2. The lowest BCUT2D eigenvalue weighted by molar-refractivity contribution is 0.619. The molecule has 0 radical (unpaired) electrons. The summed E-state index contributed by atoms with van der Waals surface area (Å²) in [6.45, 7) is 1.89. The zero-order chi connectivity index (χ0) is 13.6. The largest absolute Gasteiger partial charge is 0.369 e. The van der Waals surface area contributed by atoms with E-state index in [-0.39, 0.29) is 11.8 Å². The number of nitrogen functional groups attached to an aromatic ring is 1. The normalized spacial score (nSPS) is 11.1. The third-order valence-corrected chi connectivity index (χ3v) is 3.31. The van der Waals surface area contributed by atoms with Crippen LogP contribution in [-0.4, -0.2) is 9.55 Å². The molecule has 0 aliphatic rings. The summed E-state index contributed by atoms with van der Waals surface area (Å²) in [6, 6.07) is 10.2. The van der Waals surface area contributed by atoms with Crippen LogP contribution in [0.25, 0.3) is 16.7 Å². The van der Waals surface area contributed by atoms with E-state index in [4.69, 9.17) is 17.3 Å². The van der Waals surface area contributed by atoms with E-state index in [2.05, 4.69) is 4.98 Å². The summed E-state index contributed by atoms with van der Waals surface area (Å²) in [5, 5.41) is 0.496. The molecule has 3 nitrogen and oxygen atoms in total. The first-order valence-electron chi connectivity index (χ1n) is 5.77. The maximum absolute atomic E-state index is 14.0. The second-order valence-corrected chi connectivity index (χ2v) is 4.78. The second kappa shape index (κ2) is 4.24. The molecule has 2 N–H and O–H groups in total. The van der Waals surface area contributed by atoms with Crippen molar-refractivity contribution in [2.45, 2.75) is 6.92 Å². The Morgan fingerprint density at radius 1 is 1.26 bits per heavy atom. The summed E-state index contributed by atoms with van der Waals surface area (Å²) in [5.41, 5.74) is 8.48. The lowest BCUT2D eigenvalue weighted by Gasteiger charge is -2.08. The van der Waals surface area contributed by atoms with E-state index in [1.165, 1.54) is 6.07 Å². The molecule has 96 valence electrons. The van der Waals surface area contributed by atoms with Crippen LogP contribution in [0.4, 0.5) is 10.3 Å². The Kier molecular flexibility index (Phi) is 2.68. The lowest BCUT2D eigenvalue weighted by atomic mass is 10.2. The van der Waals surface area contributed by atoms with Gasteiger partial charge in [0.2, 0.25) is 5.95 Å². The van der Waals surface area contributed by atoms with Gasteiger partial charge in [0.1, 0.15) is 11.3 Å². The second-order valence-electron chi connectivity index (χ2n) is 4.37. The van der Waals surface area contributed by atoms with Crippen molar-refractivity contribution in [1.82, 2.24) is 9.55 Å². The molecule has 0 amide bonds. The first-order chi connectivity index (χ1) is 9.08. The smallest absolute Gasteiger partial charge is 0.206 e. The minimum Gasteiger partial charge on any atom is -0.369 e. The Morgan fingerprint density at radius 2 is 2.05 bits per heavy atom. The number of nitrogens with zero attached hydrogens (tertiary/aromatic N) is 2. The Labute approximate surface area is 114 Å². The predicted molar refractivity (Wildman–Crippen MR) is 75.2 cm³/mol. The van der Waals surface area contributed by atoms with Crippen molar-refractivity contribution >= 4 is 28.6 Å².